The molecule has 1 unspecified atom stereocenters. The lowest BCUT2D eigenvalue weighted by molar-refractivity contribution is -0.145. The third kappa shape index (κ3) is 13.6. The number of alkyl carbamates (subject to hydrolysis) is 1. The second-order valence-electron chi connectivity index (χ2n) is 12.1. The monoisotopic (exact) mass is 641 g/mol. The van der Waals surface area contributed by atoms with E-state index in [0.29, 0.717) is 5.75 Å². The van der Waals surface area contributed by atoms with E-state index in [1.54, 1.807) is 64.3 Å². The molecular weight excluding hydrogens is 594 g/mol. The molecule has 5 amide bonds. The maximum absolute atomic E-state index is 13.5. The van der Waals surface area contributed by atoms with Crippen LogP contribution in [0.1, 0.15) is 52.2 Å². The third-order valence-corrected chi connectivity index (χ3v) is 6.56. The van der Waals surface area contributed by atoms with Crippen molar-refractivity contribution in [3.05, 3.63) is 65.7 Å². The van der Waals surface area contributed by atoms with Crippen LogP contribution >= 0.6 is 0 Å². The first-order valence-corrected chi connectivity index (χ1v) is 15.1. The molecule has 0 aliphatic carbocycles. The Bertz CT molecular complexity index is 1300. The maximum Gasteiger partial charge on any atom is 0.407 e. The molecule has 0 saturated carbocycles. The van der Waals surface area contributed by atoms with Gasteiger partial charge < -0.3 is 30.7 Å². The van der Waals surface area contributed by atoms with Crippen LogP contribution in [0, 0.1) is 11.8 Å². The Morgan fingerprint density at radius 3 is 1.98 bits per heavy atom. The van der Waals surface area contributed by atoms with Gasteiger partial charge in [-0.05, 0) is 56.4 Å². The van der Waals surface area contributed by atoms with Gasteiger partial charge in [-0.2, -0.15) is 0 Å². The summed E-state index contributed by atoms with van der Waals surface area (Å²) in [6.45, 7) is 8.37. The summed E-state index contributed by atoms with van der Waals surface area (Å²) in [5.74, 6) is -3.58. The highest BCUT2D eigenvalue weighted by Gasteiger charge is 2.33. The first-order valence-electron chi connectivity index (χ1n) is 15.1. The highest BCUT2D eigenvalue weighted by atomic mass is 16.7. The second-order valence-corrected chi connectivity index (χ2v) is 12.1. The molecule has 0 aliphatic rings. The van der Waals surface area contributed by atoms with Crippen LogP contribution in [-0.2, 0) is 41.8 Å². The van der Waals surface area contributed by atoms with Crippen molar-refractivity contribution in [1.29, 1.82) is 0 Å². The molecule has 252 valence electrons. The van der Waals surface area contributed by atoms with Crippen LogP contribution in [0.15, 0.2) is 54.6 Å². The summed E-state index contributed by atoms with van der Waals surface area (Å²) in [5, 5.41) is 10.4. The molecule has 2 aromatic rings. The number of benzene rings is 2. The quantitative estimate of drug-likeness (QED) is 0.137. The molecule has 13 heteroatoms. The van der Waals surface area contributed by atoms with Crippen molar-refractivity contribution in [2.75, 3.05) is 20.7 Å². The normalized spacial score (nSPS) is 13.0. The molecular formula is C33H47N5O8. The van der Waals surface area contributed by atoms with Crippen LogP contribution in [-0.4, -0.2) is 68.1 Å². The Hall–Kier alpha value is -4.65. The van der Waals surface area contributed by atoms with Crippen molar-refractivity contribution >= 4 is 29.7 Å². The largest absolute Gasteiger partial charge is 0.497 e. The number of amides is 5. The van der Waals surface area contributed by atoms with E-state index in [1.165, 1.54) is 7.05 Å². The van der Waals surface area contributed by atoms with Crippen LogP contribution in [0.5, 0.6) is 5.75 Å². The van der Waals surface area contributed by atoms with Gasteiger partial charge in [0.1, 0.15) is 29.4 Å². The van der Waals surface area contributed by atoms with E-state index in [2.05, 4.69) is 26.7 Å². The van der Waals surface area contributed by atoms with Crippen molar-refractivity contribution in [2.24, 2.45) is 11.8 Å². The van der Waals surface area contributed by atoms with Gasteiger partial charge in [0, 0.05) is 20.0 Å². The Labute approximate surface area is 270 Å². The minimum absolute atomic E-state index is 0.0356. The highest BCUT2D eigenvalue weighted by Crippen LogP contribution is 2.14. The van der Waals surface area contributed by atoms with Gasteiger partial charge in [-0.3, -0.25) is 24.0 Å². The standard InChI is InChI=1S/C33H47N5O8/c1-21(2)17-26(31(42)37-27(30(41)34-6)18-22-13-15-24(44-7)16-14-22)36-28(39)25(19-35-32(43)46-33(3,4)5)29(40)38-45-20-23-11-9-8-10-12-23/h8-16,21,25-27H,17-20H2,1-7H3,(H,34,41)(H,35,43)(H,36,39)(H,37,42)(H,38,40)/t25?,26-,27-/m0/s1. The smallest absolute Gasteiger partial charge is 0.407 e. The molecule has 13 nitrogen and oxygen atoms in total. The SMILES string of the molecule is CNC(=O)[C@H](Cc1ccc(OC)cc1)NC(=O)[C@H](CC(C)C)NC(=O)C(CNC(=O)OC(C)(C)C)C(=O)NOCc1ccccc1. The maximum atomic E-state index is 13.5. The number of carbonyl (C=O) groups is 5. The summed E-state index contributed by atoms with van der Waals surface area (Å²) in [6.07, 6.45) is -0.438. The van der Waals surface area contributed by atoms with Crippen LogP contribution in [0.4, 0.5) is 4.79 Å². The van der Waals surface area contributed by atoms with Gasteiger partial charge >= 0.3 is 6.09 Å². The fraction of sp³-hybridized carbons (Fsp3) is 0.485. The molecule has 0 aliphatic heterocycles. The summed E-state index contributed by atoms with van der Waals surface area (Å²) in [5.41, 5.74) is 3.01. The topological polar surface area (TPSA) is 173 Å². The van der Waals surface area contributed by atoms with Crippen LogP contribution < -0.4 is 31.5 Å². The molecule has 3 atom stereocenters. The Kier molecular flexibility index (Phi) is 15.0. The van der Waals surface area contributed by atoms with E-state index >= 15 is 0 Å². The number of likely N-dealkylation sites (N-methyl/N-ethyl adjacent to an activating group) is 1. The molecule has 0 fully saturated rings. The van der Waals surface area contributed by atoms with Gasteiger partial charge in [-0.25, -0.2) is 10.3 Å². The number of hydrogen-bond acceptors (Lipinski definition) is 8. The first-order chi connectivity index (χ1) is 21.7. The number of hydroxylamine groups is 1. The third-order valence-electron chi connectivity index (χ3n) is 6.56. The van der Waals surface area contributed by atoms with Gasteiger partial charge in [0.05, 0.1) is 13.7 Å². The number of rotatable bonds is 16. The summed E-state index contributed by atoms with van der Waals surface area (Å²) in [4.78, 5) is 70.6. The van der Waals surface area contributed by atoms with Crippen LogP contribution in [0.25, 0.3) is 0 Å². The molecule has 46 heavy (non-hydrogen) atoms. The summed E-state index contributed by atoms with van der Waals surface area (Å²) in [7, 11) is 3.01. The number of methoxy groups -OCH3 is 1. The van der Waals surface area contributed by atoms with E-state index in [-0.39, 0.29) is 25.4 Å². The molecule has 0 bridgehead atoms. The molecule has 5 N–H and O–H groups in total. The molecule has 2 aromatic carbocycles. The minimum Gasteiger partial charge on any atom is -0.497 e. The van der Waals surface area contributed by atoms with Crippen molar-refractivity contribution in [1.82, 2.24) is 26.7 Å². The first kappa shape index (κ1) is 37.5. The van der Waals surface area contributed by atoms with Gasteiger partial charge in [-0.15, -0.1) is 0 Å². The molecule has 2 rings (SSSR count). The Morgan fingerprint density at radius 2 is 1.41 bits per heavy atom. The lowest BCUT2D eigenvalue weighted by atomic mass is 9.99. The number of ether oxygens (including phenoxy) is 2. The van der Waals surface area contributed by atoms with Gasteiger partial charge in [0.15, 0.2) is 0 Å². The van der Waals surface area contributed by atoms with Crippen LogP contribution in [0.3, 0.4) is 0 Å². The molecule has 0 saturated heterocycles. The Morgan fingerprint density at radius 1 is 0.783 bits per heavy atom. The fourth-order valence-electron chi connectivity index (χ4n) is 4.27. The molecule has 0 aromatic heterocycles. The molecule has 0 radical (unpaired) electrons. The van der Waals surface area contributed by atoms with Gasteiger partial charge in [0.2, 0.25) is 17.7 Å². The number of carbonyl (C=O) groups excluding carboxylic acids is 5. The van der Waals surface area contributed by atoms with Crippen molar-refractivity contribution in [3.63, 3.8) is 0 Å². The van der Waals surface area contributed by atoms with Gasteiger partial charge in [-0.1, -0.05) is 56.3 Å². The highest BCUT2D eigenvalue weighted by molar-refractivity contribution is 6.02. The molecule has 0 heterocycles. The second kappa shape index (κ2) is 18.4. The van der Waals surface area contributed by atoms with Gasteiger partial charge in [0.25, 0.3) is 5.91 Å². The zero-order valence-electron chi connectivity index (χ0n) is 27.6. The number of hydrogen-bond donors (Lipinski definition) is 5. The fourth-order valence-corrected chi connectivity index (χ4v) is 4.27. The van der Waals surface area contributed by atoms with E-state index in [0.717, 1.165) is 11.1 Å². The average Bonchev–Trinajstić information content (AvgIpc) is 2.99. The van der Waals surface area contributed by atoms with E-state index < -0.39 is 59.9 Å². The predicted molar refractivity (Wildman–Crippen MR) is 171 cm³/mol. The van der Waals surface area contributed by atoms with E-state index in [1.807, 2.05) is 32.0 Å². The van der Waals surface area contributed by atoms with Crippen molar-refractivity contribution in [2.45, 2.75) is 71.8 Å². The van der Waals surface area contributed by atoms with Crippen molar-refractivity contribution in [3.8, 4) is 5.75 Å². The van der Waals surface area contributed by atoms with E-state index in [9.17, 15) is 24.0 Å². The minimum atomic E-state index is -1.49. The predicted octanol–water partition coefficient (Wildman–Crippen LogP) is 2.39. The summed E-state index contributed by atoms with van der Waals surface area (Å²) < 4.78 is 10.4. The van der Waals surface area contributed by atoms with Crippen LogP contribution in [0.2, 0.25) is 0 Å². The lowest BCUT2D eigenvalue weighted by Crippen LogP contribution is -2.56. The molecule has 0 spiro atoms. The summed E-state index contributed by atoms with van der Waals surface area (Å²) in [6, 6.07) is 14.1. The zero-order chi connectivity index (χ0) is 34.3. The Balaban J connectivity index is 2.21. The number of nitrogens with one attached hydrogen (secondary N) is 5. The van der Waals surface area contributed by atoms with E-state index in [4.69, 9.17) is 14.3 Å². The summed E-state index contributed by atoms with van der Waals surface area (Å²) >= 11 is 0. The van der Waals surface area contributed by atoms with Crippen molar-refractivity contribution < 1.29 is 38.3 Å². The zero-order valence-corrected chi connectivity index (χ0v) is 27.6. The average molecular weight is 642 g/mol. The lowest BCUT2D eigenvalue weighted by Gasteiger charge is -2.26.